The summed E-state index contributed by atoms with van der Waals surface area (Å²) in [5, 5.41) is 11.4. The second kappa shape index (κ2) is 18.3. The number of carbonyl (C=O) groups excluding carboxylic acids is 5. The van der Waals surface area contributed by atoms with Gasteiger partial charge in [0.2, 0.25) is 0 Å². The number of phenolic OH excluding ortho intramolecular Hbond substituents is 1. The van der Waals surface area contributed by atoms with E-state index in [1.54, 1.807) is 58.0 Å². The molecule has 0 saturated carbocycles. The Hall–Kier alpha value is -4.29. The van der Waals surface area contributed by atoms with Gasteiger partial charge in [-0.2, -0.15) is 0 Å². The largest absolute Gasteiger partial charge is 0.507 e. The number of benzene rings is 2. The summed E-state index contributed by atoms with van der Waals surface area (Å²) in [6.07, 6.45) is 0. The van der Waals surface area contributed by atoms with Gasteiger partial charge in [-0.15, -0.1) is 0 Å². The van der Waals surface area contributed by atoms with Crippen molar-refractivity contribution in [1.29, 1.82) is 0 Å². The van der Waals surface area contributed by atoms with Gasteiger partial charge in [0.25, 0.3) is 0 Å². The van der Waals surface area contributed by atoms with E-state index in [4.69, 9.17) is 18.9 Å². The Labute approximate surface area is 251 Å². The minimum atomic E-state index is -0.585. The maximum Gasteiger partial charge on any atom is 0.320 e. The van der Waals surface area contributed by atoms with Crippen molar-refractivity contribution in [3.63, 3.8) is 0 Å². The van der Waals surface area contributed by atoms with Crippen LogP contribution in [-0.4, -0.2) is 97.2 Å². The van der Waals surface area contributed by atoms with Crippen molar-refractivity contribution in [2.75, 3.05) is 52.6 Å². The number of nitrogens with zero attached hydrogens (tertiary/aromatic N) is 2. The molecule has 0 unspecified atom stereocenters. The van der Waals surface area contributed by atoms with Crippen LogP contribution in [-0.2, 0) is 51.2 Å². The van der Waals surface area contributed by atoms with E-state index in [1.807, 2.05) is 0 Å². The molecule has 0 aliphatic rings. The summed E-state index contributed by atoms with van der Waals surface area (Å²) in [7, 11) is 0. The number of esters is 4. The van der Waals surface area contributed by atoms with Crippen LogP contribution in [0.3, 0.4) is 0 Å². The molecule has 1 N–H and O–H groups in total. The fourth-order valence-electron chi connectivity index (χ4n) is 4.26. The minimum Gasteiger partial charge on any atom is -0.507 e. The van der Waals surface area contributed by atoms with Gasteiger partial charge >= 0.3 is 23.9 Å². The third kappa shape index (κ3) is 11.8. The molecule has 0 aliphatic heterocycles. The molecule has 2 rings (SSSR count). The van der Waals surface area contributed by atoms with Crippen LogP contribution in [0, 0.1) is 0 Å². The Morgan fingerprint density at radius 3 is 1.26 bits per heavy atom. The summed E-state index contributed by atoms with van der Waals surface area (Å²) in [5.41, 5.74) is 1.08. The minimum absolute atomic E-state index is 0.123. The van der Waals surface area contributed by atoms with Crippen LogP contribution in [0.1, 0.15) is 54.7 Å². The molecule has 12 heteroatoms. The first-order chi connectivity index (χ1) is 20.6. The normalized spacial score (nSPS) is 10.8. The van der Waals surface area contributed by atoms with Crippen LogP contribution in [0.4, 0.5) is 0 Å². The van der Waals surface area contributed by atoms with Gasteiger partial charge in [-0.25, -0.2) is 0 Å². The Morgan fingerprint density at radius 2 is 0.930 bits per heavy atom. The first kappa shape index (κ1) is 34.9. The van der Waals surface area contributed by atoms with Crippen LogP contribution in [0.15, 0.2) is 42.5 Å². The van der Waals surface area contributed by atoms with Gasteiger partial charge in [0.15, 0.2) is 5.78 Å². The third-order valence-electron chi connectivity index (χ3n) is 5.99. The molecular formula is C31H40N2O10. The Kier molecular flexibility index (Phi) is 14.8. The summed E-state index contributed by atoms with van der Waals surface area (Å²) in [6, 6.07) is 11.5. The lowest BCUT2D eigenvalue weighted by atomic mass is 9.97. The molecule has 12 nitrogen and oxygen atoms in total. The number of ketones is 1. The smallest absolute Gasteiger partial charge is 0.320 e. The number of aromatic hydroxyl groups is 1. The standard InChI is InChI=1S/C31H40N2O10/c1-5-40-26(34)18-32(19-27(35)41-6-2)16-24-14-23(30(38)22-12-10-9-11-13-22)15-25(31(24)39)17-33(20-28(36)42-7-3)21-29(37)43-8-4/h9-15,39H,5-8,16-21H2,1-4H3. The molecular weight excluding hydrogens is 560 g/mol. The zero-order valence-corrected chi connectivity index (χ0v) is 25.1. The monoisotopic (exact) mass is 600 g/mol. The van der Waals surface area contributed by atoms with Crippen LogP contribution >= 0.6 is 0 Å². The average molecular weight is 601 g/mol. The van der Waals surface area contributed by atoms with Gasteiger partial charge in [-0.3, -0.25) is 33.8 Å². The molecule has 0 radical (unpaired) electrons. The summed E-state index contributed by atoms with van der Waals surface area (Å²) >= 11 is 0. The molecule has 0 saturated heterocycles. The predicted octanol–water partition coefficient (Wildman–Crippen LogP) is 2.48. The van der Waals surface area contributed by atoms with E-state index in [1.165, 1.54) is 21.9 Å². The van der Waals surface area contributed by atoms with Gasteiger partial charge in [-0.1, -0.05) is 30.3 Å². The van der Waals surface area contributed by atoms with Crippen molar-refractivity contribution in [3.05, 3.63) is 64.7 Å². The highest BCUT2D eigenvalue weighted by molar-refractivity contribution is 6.09. The van der Waals surface area contributed by atoms with Gasteiger partial charge in [0.1, 0.15) is 5.75 Å². The maximum atomic E-state index is 13.5. The van der Waals surface area contributed by atoms with E-state index >= 15 is 0 Å². The van der Waals surface area contributed by atoms with Crippen molar-refractivity contribution in [2.45, 2.75) is 40.8 Å². The Morgan fingerprint density at radius 1 is 0.581 bits per heavy atom. The number of carbonyl (C=O) groups is 5. The molecule has 2 aromatic rings. The van der Waals surface area contributed by atoms with Crippen molar-refractivity contribution in [1.82, 2.24) is 9.80 Å². The predicted molar refractivity (Wildman–Crippen MR) is 155 cm³/mol. The lowest BCUT2D eigenvalue weighted by Gasteiger charge is -2.24. The Bertz CT molecular complexity index is 1140. The molecule has 0 atom stereocenters. The van der Waals surface area contributed by atoms with Gasteiger partial charge in [0, 0.05) is 35.3 Å². The lowest BCUT2D eigenvalue weighted by molar-refractivity contribution is -0.150. The summed E-state index contributed by atoms with van der Waals surface area (Å²) in [4.78, 5) is 65.6. The molecule has 2 aromatic carbocycles. The van der Waals surface area contributed by atoms with Crippen molar-refractivity contribution in [3.8, 4) is 5.75 Å². The van der Waals surface area contributed by atoms with Crippen LogP contribution in [0.25, 0.3) is 0 Å². The van der Waals surface area contributed by atoms with Crippen LogP contribution in [0.2, 0.25) is 0 Å². The summed E-state index contributed by atoms with van der Waals surface area (Å²) in [5.74, 6) is -2.92. The Balaban J connectivity index is 2.56. The van der Waals surface area contributed by atoms with Gasteiger partial charge < -0.3 is 24.1 Å². The lowest BCUT2D eigenvalue weighted by Crippen LogP contribution is -2.36. The summed E-state index contributed by atoms with van der Waals surface area (Å²) in [6.45, 7) is 5.80. The molecule has 234 valence electrons. The second-order valence-corrected chi connectivity index (χ2v) is 9.35. The highest BCUT2D eigenvalue weighted by atomic mass is 16.5. The fourth-order valence-corrected chi connectivity index (χ4v) is 4.26. The number of hydrogen-bond donors (Lipinski definition) is 1. The number of phenols is 1. The topological polar surface area (TPSA) is 149 Å². The van der Waals surface area contributed by atoms with Gasteiger partial charge in [0.05, 0.1) is 52.6 Å². The fraction of sp³-hybridized carbons (Fsp3) is 0.452. The number of ether oxygens (including phenoxy) is 4. The molecule has 0 amide bonds. The van der Waals surface area contributed by atoms with E-state index in [-0.39, 0.29) is 93.9 Å². The SMILES string of the molecule is CCOC(=O)CN(CC(=O)OCC)Cc1cc(C(=O)c2ccccc2)cc(CN(CC(=O)OCC)CC(=O)OCC)c1O. The molecule has 0 bridgehead atoms. The van der Waals surface area contributed by atoms with Crippen molar-refractivity contribution in [2.24, 2.45) is 0 Å². The van der Waals surface area contributed by atoms with E-state index in [0.717, 1.165) is 0 Å². The number of rotatable bonds is 18. The molecule has 43 heavy (non-hydrogen) atoms. The van der Waals surface area contributed by atoms with Crippen LogP contribution in [0.5, 0.6) is 5.75 Å². The molecule has 0 aromatic heterocycles. The second-order valence-electron chi connectivity index (χ2n) is 9.35. The first-order valence-corrected chi connectivity index (χ1v) is 14.1. The van der Waals surface area contributed by atoms with E-state index in [9.17, 15) is 29.1 Å². The zero-order valence-electron chi connectivity index (χ0n) is 25.1. The maximum absolute atomic E-state index is 13.5. The van der Waals surface area contributed by atoms with E-state index < -0.39 is 23.9 Å². The van der Waals surface area contributed by atoms with Crippen LogP contribution < -0.4 is 0 Å². The van der Waals surface area contributed by atoms with Gasteiger partial charge in [-0.05, 0) is 39.8 Å². The molecule has 0 aliphatic carbocycles. The number of hydrogen-bond acceptors (Lipinski definition) is 12. The summed E-state index contributed by atoms with van der Waals surface area (Å²) < 4.78 is 20.2. The third-order valence-corrected chi connectivity index (χ3v) is 5.99. The molecule has 0 heterocycles. The molecule has 0 fully saturated rings. The average Bonchev–Trinajstić information content (AvgIpc) is 2.95. The van der Waals surface area contributed by atoms with Crippen molar-refractivity contribution < 1.29 is 48.0 Å². The first-order valence-electron chi connectivity index (χ1n) is 14.1. The molecule has 0 spiro atoms. The van der Waals surface area contributed by atoms with E-state index in [0.29, 0.717) is 5.56 Å². The van der Waals surface area contributed by atoms with E-state index in [2.05, 4.69) is 0 Å². The highest BCUT2D eigenvalue weighted by Crippen LogP contribution is 2.29. The zero-order chi connectivity index (χ0) is 31.8. The quantitative estimate of drug-likeness (QED) is 0.152. The van der Waals surface area contributed by atoms with Crippen molar-refractivity contribution >= 4 is 29.7 Å². The highest BCUT2D eigenvalue weighted by Gasteiger charge is 2.24.